The second kappa shape index (κ2) is 3.13. The van der Waals surface area contributed by atoms with Crippen LogP contribution in [0.1, 0.15) is 0 Å². The predicted molar refractivity (Wildman–Crippen MR) is 37.2 cm³/mol. The van der Waals surface area contributed by atoms with Gasteiger partial charge in [-0.05, 0) is 0 Å². The van der Waals surface area contributed by atoms with Crippen molar-refractivity contribution in [3.8, 4) is 0 Å². The Labute approximate surface area is 57.9 Å². The van der Waals surface area contributed by atoms with E-state index in [2.05, 4.69) is 4.99 Å². The minimum Gasteiger partial charge on any atom is -0.368 e. The zero-order valence-electron chi connectivity index (χ0n) is 4.93. The third-order valence-electron chi connectivity index (χ3n) is 0.551. The molecule has 0 aromatic rings. The Balaban J connectivity index is 4.00. The topological polar surface area (TPSA) is 91.5 Å². The number of halogens is 1. The zero-order chi connectivity index (χ0) is 7.44. The molecule has 0 saturated carbocycles. The number of guanidine groups is 2. The van der Waals surface area contributed by atoms with Crippen LogP contribution in [0.4, 0.5) is 0 Å². The van der Waals surface area contributed by atoms with Crippen molar-refractivity contribution in [2.45, 2.75) is 0 Å². The number of aliphatic imine (C=N–C) groups is 1. The third-order valence-corrected chi connectivity index (χ3v) is 0.724. The summed E-state index contributed by atoms with van der Waals surface area (Å²) in [5.41, 5.74) is 10.0. The summed E-state index contributed by atoms with van der Waals surface area (Å²) < 4.78 is 1.04. The van der Waals surface area contributed by atoms with E-state index < -0.39 is 0 Å². The molecule has 9 heavy (non-hydrogen) atoms. The maximum Gasteiger partial charge on any atom is 0.215 e. The van der Waals surface area contributed by atoms with Gasteiger partial charge < -0.3 is 11.5 Å². The normalized spacial score (nSPS) is 11.1. The van der Waals surface area contributed by atoms with Gasteiger partial charge in [0.2, 0.25) is 11.9 Å². The lowest BCUT2D eigenvalue weighted by Gasteiger charge is -2.04. The van der Waals surface area contributed by atoms with Crippen LogP contribution in [0, 0.1) is 5.41 Å². The average Bonchev–Trinajstić information content (AvgIpc) is 1.63. The molecule has 5 nitrogen and oxygen atoms in total. The van der Waals surface area contributed by atoms with Crippen LogP contribution < -0.4 is 11.5 Å². The van der Waals surface area contributed by atoms with Crippen molar-refractivity contribution in [2.24, 2.45) is 16.5 Å². The molecule has 0 aliphatic carbocycles. The van der Waals surface area contributed by atoms with Crippen molar-refractivity contribution in [1.29, 1.82) is 5.41 Å². The molecule has 6 heteroatoms. The van der Waals surface area contributed by atoms with Gasteiger partial charge in [-0.1, -0.05) is 0 Å². The fourth-order valence-corrected chi connectivity index (χ4v) is 0.230. The van der Waals surface area contributed by atoms with Crippen LogP contribution in [0.2, 0.25) is 0 Å². The molecule has 0 bridgehead atoms. The first-order chi connectivity index (χ1) is 4.04. The Bertz CT molecular complexity index is 139. The second-order valence-electron chi connectivity index (χ2n) is 1.33. The van der Waals surface area contributed by atoms with Crippen LogP contribution in [0.5, 0.6) is 0 Å². The summed E-state index contributed by atoms with van der Waals surface area (Å²) in [4.78, 5) is 3.33. The molecule has 0 rings (SSSR count). The van der Waals surface area contributed by atoms with Crippen molar-refractivity contribution in [3.05, 3.63) is 0 Å². The van der Waals surface area contributed by atoms with Crippen LogP contribution in [0.25, 0.3) is 0 Å². The highest BCUT2D eigenvalue weighted by atomic mass is 35.5. The molecule has 0 heterocycles. The molecule has 0 atom stereocenters. The fourth-order valence-electron chi connectivity index (χ4n) is 0.192. The second-order valence-corrected chi connectivity index (χ2v) is 1.84. The Hall–Kier alpha value is -0.970. The van der Waals surface area contributed by atoms with Gasteiger partial charge in [0.15, 0.2) is 0 Å². The molecule has 52 valence electrons. The SMILES string of the molecule is CN(Cl)/C(N)=N/C(=N)N. The molecular weight excluding hydrogens is 142 g/mol. The molecule has 0 aromatic heterocycles. The van der Waals surface area contributed by atoms with E-state index in [4.69, 9.17) is 28.7 Å². The Morgan fingerprint density at radius 2 is 2.11 bits per heavy atom. The highest BCUT2D eigenvalue weighted by molar-refractivity contribution is 6.22. The lowest BCUT2D eigenvalue weighted by atomic mass is 10.9. The van der Waals surface area contributed by atoms with Crippen molar-refractivity contribution in [2.75, 3.05) is 7.05 Å². The van der Waals surface area contributed by atoms with Gasteiger partial charge in [0.1, 0.15) is 0 Å². The van der Waals surface area contributed by atoms with Gasteiger partial charge in [-0.15, -0.1) is 0 Å². The molecule has 0 aliphatic rings. The molecule has 0 aliphatic heterocycles. The van der Waals surface area contributed by atoms with Crippen LogP contribution >= 0.6 is 11.8 Å². The van der Waals surface area contributed by atoms with Crippen molar-refractivity contribution in [1.82, 2.24) is 4.42 Å². The van der Waals surface area contributed by atoms with Gasteiger partial charge in [-0.25, -0.2) is 0 Å². The molecule has 0 radical (unpaired) electrons. The van der Waals surface area contributed by atoms with Crippen LogP contribution in [-0.4, -0.2) is 23.4 Å². The maximum absolute atomic E-state index is 6.64. The third kappa shape index (κ3) is 3.60. The Kier molecular flexibility index (Phi) is 2.80. The Morgan fingerprint density at radius 1 is 1.67 bits per heavy atom. The minimum atomic E-state index is -0.361. The number of nitrogens with zero attached hydrogens (tertiary/aromatic N) is 2. The molecule has 0 fully saturated rings. The Morgan fingerprint density at radius 3 is 2.22 bits per heavy atom. The van der Waals surface area contributed by atoms with E-state index >= 15 is 0 Å². The number of nitrogens with one attached hydrogen (secondary N) is 1. The van der Waals surface area contributed by atoms with Crippen molar-refractivity contribution >= 4 is 23.7 Å². The van der Waals surface area contributed by atoms with Crippen molar-refractivity contribution in [3.63, 3.8) is 0 Å². The first kappa shape index (κ1) is 8.03. The summed E-state index contributed by atoms with van der Waals surface area (Å²) in [5.74, 6) is -0.357. The van der Waals surface area contributed by atoms with Crippen LogP contribution in [-0.2, 0) is 0 Å². The van der Waals surface area contributed by atoms with E-state index in [1.54, 1.807) is 0 Å². The van der Waals surface area contributed by atoms with E-state index in [-0.39, 0.29) is 11.9 Å². The van der Waals surface area contributed by atoms with Crippen LogP contribution in [0.3, 0.4) is 0 Å². The van der Waals surface area contributed by atoms with Crippen LogP contribution in [0.15, 0.2) is 4.99 Å². The standard InChI is InChI=1S/C3H8ClN5/c1-9(4)3(7)8-2(5)6/h1H3,(H5,5,6,7,8). The monoisotopic (exact) mass is 149 g/mol. The first-order valence-electron chi connectivity index (χ1n) is 2.11. The van der Waals surface area contributed by atoms with Gasteiger partial charge in [0.25, 0.3) is 0 Å². The smallest absolute Gasteiger partial charge is 0.215 e. The van der Waals surface area contributed by atoms with E-state index in [9.17, 15) is 0 Å². The first-order valence-corrected chi connectivity index (χ1v) is 2.45. The number of nitrogens with two attached hydrogens (primary N) is 2. The predicted octanol–water partition coefficient (Wildman–Crippen LogP) is -0.720. The van der Waals surface area contributed by atoms with E-state index in [0.29, 0.717) is 0 Å². The van der Waals surface area contributed by atoms with Crippen molar-refractivity contribution < 1.29 is 0 Å². The van der Waals surface area contributed by atoms with Gasteiger partial charge in [0, 0.05) is 18.8 Å². The maximum atomic E-state index is 6.64. The molecule has 0 aromatic carbocycles. The summed E-state index contributed by atoms with van der Waals surface area (Å²) in [6.45, 7) is 0. The number of rotatable bonds is 0. The average molecular weight is 150 g/mol. The summed E-state index contributed by atoms with van der Waals surface area (Å²) in [7, 11) is 1.49. The lowest BCUT2D eigenvalue weighted by molar-refractivity contribution is 0.808. The molecule has 0 saturated heterocycles. The quantitative estimate of drug-likeness (QED) is 0.241. The lowest BCUT2D eigenvalue weighted by Crippen LogP contribution is -2.28. The number of hydrogen-bond acceptors (Lipinski definition) is 1. The molecule has 0 amide bonds. The van der Waals surface area contributed by atoms with Gasteiger partial charge in [0.05, 0.1) is 0 Å². The van der Waals surface area contributed by atoms with E-state index in [1.165, 1.54) is 7.05 Å². The van der Waals surface area contributed by atoms with E-state index in [1.807, 2.05) is 0 Å². The van der Waals surface area contributed by atoms with Gasteiger partial charge in [-0.3, -0.25) is 9.83 Å². The number of hydrogen-bond donors (Lipinski definition) is 3. The van der Waals surface area contributed by atoms with Gasteiger partial charge >= 0.3 is 0 Å². The largest absolute Gasteiger partial charge is 0.368 e. The summed E-state index contributed by atoms with van der Waals surface area (Å²) >= 11 is 5.30. The zero-order valence-corrected chi connectivity index (χ0v) is 5.68. The highest BCUT2D eigenvalue weighted by Crippen LogP contribution is 1.84. The molecule has 0 spiro atoms. The summed E-state index contributed by atoms with van der Waals surface area (Å²) in [5, 5.41) is 6.64. The highest BCUT2D eigenvalue weighted by Gasteiger charge is 1.94. The molecule has 0 unspecified atom stereocenters. The summed E-state index contributed by atoms with van der Waals surface area (Å²) in [6.07, 6.45) is 0. The minimum absolute atomic E-state index is 0.00386. The van der Waals surface area contributed by atoms with E-state index in [0.717, 1.165) is 4.42 Å². The molecule has 5 N–H and O–H groups in total. The summed E-state index contributed by atoms with van der Waals surface area (Å²) in [6, 6.07) is 0. The fraction of sp³-hybridized carbons (Fsp3) is 0.333. The van der Waals surface area contributed by atoms with Gasteiger partial charge in [-0.2, -0.15) is 4.99 Å². The molecular formula is C3H8ClN5.